The number of nitrogens with zero attached hydrogens (tertiary/aromatic N) is 3. The van der Waals surface area contributed by atoms with Crippen LogP contribution in [0.25, 0.3) is 0 Å². The number of anilines is 1. The molecular weight excluding hydrogens is 368 g/mol. The molecule has 1 aliphatic heterocycles. The number of hydrogen-bond acceptors (Lipinski definition) is 5. The molecule has 0 bridgehead atoms. The Bertz CT molecular complexity index is 900. The monoisotopic (exact) mass is 394 g/mol. The fraction of sp³-hybridized carbons (Fsp3) is 0.545. The molecule has 0 unspecified atom stereocenters. The molecule has 152 valence electrons. The van der Waals surface area contributed by atoms with E-state index in [2.05, 4.69) is 15.5 Å². The molecule has 1 aromatic heterocycles. The Morgan fingerprint density at radius 3 is 2.62 bits per heavy atom. The highest BCUT2D eigenvalue weighted by atomic mass is 16.5. The van der Waals surface area contributed by atoms with Gasteiger partial charge in [-0.15, -0.1) is 0 Å². The SMILES string of the molecule is O=C(NC1(c2nc(C3CC3)no2)CCCCC1)[C@H]1CC(=O)N(c2ccccc2)C1. The van der Waals surface area contributed by atoms with Crippen LogP contribution in [0.1, 0.15) is 69.0 Å². The molecule has 3 aliphatic rings. The Hall–Kier alpha value is -2.70. The van der Waals surface area contributed by atoms with Crippen molar-refractivity contribution in [2.24, 2.45) is 5.92 Å². The van der Waals surface area contributed by atoms with E-state index >= 15 is 0 Å². The second-order valence-corrected chi connectivity index (χ2v) is 8.60. The lowest BCUT2D eigenvalue weighted by atomic mass is 9.81. The van der Waals surface area contributed by atoms with Gasteiger partial charge >= 0.3 is 0 Å². The largest absolute Gasteiger partial charge is 0.341 e. The second kappa shape index (κ2) is 7.28. The molecule has 1 aromatic carbocycles. The molecule has 1 saturated heterocycles. The van der Waals surface area contributed by atoms with Crippen molar-refractivity contribution >= 4 is 17.5 Å². The molecule has 3 fully saturated rings. The highest BCUT2D eigenvalue weighted by molar-refractivity contribution is 6.00. The van der Waals surface area contributed by atoms with Crippen molar-refractivity contribution in [2.75, 3.05) is 11.4 Å². The summed E-state index contributed by atoms with van der Waals surface area (Å²) in [6.45, 7) is 0.405. The first kappa shape index (κ1) is 18.3. The van der Waals surface area contributed by atoms with E-state index in [9.17, 15) is 9.59 Å². The number of benzene rings is 1. The number of carbonyl (C=O) groups is 2. The third-order valence-corrected chi connectivity index (χ3v) is 6.43. The first-order valence-corrected chi connectivity index (χ1v) is 10.7. The van der Waals surface area contributed by atoms with Crippen LogP contribution in [-0.2, 0) is 15.1 Å². The van der Waals surface area contributed by atoms with Crippen LogP contribution in [0.5, 0.6) is 0 Å². The molecule has 2 aromatic rings. The van der Waals surface area contributed by atoms with Gasteiger partial charge in [0.1, 0.15) is 5.54 Å². The molecule has 5 rings (SSSR count). The van der Waals surface area contributed by atoms with Crippen LogP contribution in [-0.4, -0.2) is 28.5 Å². The maximum absolute atomic E-state index is 13.2. The summed E-state index contributed by atoms with van der Waals surface area (Å²) in [7, 11) is 0. The van der Waals surface area contributed by atoms with E-state index in [0.717, 1.165) is 56.5 Å². The lowest BCUT2D eigenvalue weighted by Crippen LogP contribution is -2.50. The molecule has 29 heavy (non-hydrogen) atoms. The summed E-state index contributed by atoms with van der Waals surface area (Å²) in [5.74, 6) is 1.25. The molecule has 2 saturated carbocycles. The first-order valence-electron chi connectivity index (χ1n) is 10.7. The third kappa shape index (κ3) is 3.54. The van der Waals surface area contributed by atoms with Crippen LogP contribution in [0.3, 0.4) is 0 Å². The molecule has 7 heteroatoms. The normalized spacial score (nSPS) is 23.9. The Morgan fingerprint density at radius 2 is 1.90 bits per heavy atom. The molecule has 0 spiro atoms. The summed E-state index contributed by atoms with van der Waals surface area (Å²) in [6.07, 6.45) is 7.22. The standard InChI is InChI=1S/C22H26N4O3/c27-18-13-16(14-26(18)17-7-3-1-4-8-17)20(28)24-22(11-5-2-6-12-22)21-23-19(25-29-21)15-9-10-15/h1,3-4,7-8,15-16H,2,5-6,9-14H2,(H,24,28)/t16-/m0/s1. The van der Waals surface area contributed by atoms with E-state index in [1.807, 2.05) is 30.3 Å². The van der Waals surface area contributed by atoms with Gasteiger partial charge in [0.15, 0.2) is 5.82 Å². The van der Waals surface area contributed by atoms with Crippen molar-refractivity contribution in [3.63, 3.8) is 0 Å². The molecule has 2 heterocycles. The van der Waals surface area contributed by atoms with Crippen molar-refractivity contribution in [3.05, 3.63) is 42.0 Å². The molecule has 2 amide bonds. The second-order valence-electron chi connectivity index (χ2n) is 8.60. The average molecular weight is 394 g/mol. The average Bonchev–Trinajstić information content (AvgIpc) is 3.33. The zero-order chi connectivity index (χ0) is 19.8. The first-order chi connectivity index (χ1) is 14.1. The van der Waals surface area contributed by atoms with E-state index in [0.29, 0.717) is 18.4 Å². The fourth-order valence-electron chi connectivity index (χ4n) is 4.56. The van der Waals surface area contributed by atoms with E-state index in [1.54, 1.807) is 4.90 Å². The van der Waals surface area contributed by atoms with Crippen LogP contribution in [0.4, 0.5) is 5.69 Å². The van der Waals surface area contributed by atoms with Crippen molar-refractivity contribution in [1.82, 2.24) is 15.5 Å². The Balaban J connectivity index is 1.33. The summed E-state index contributed by atoms with van der Waals surface area (Å²) in [4.78, 5) is 32.1. The number of para-hydroxylation sites is 1. The smallest absolute Gasteiger partial charge is 0.252 e. The lowest BCUT2D eigenvalue weighted by molar-refractivity contribution is -0.129. The molecular formula is C22H26N4O3. The number of nitrogens with one attached hydrogen (secondary N) is 1. The van der Waals surface area contributed by atoms with Crippen LogP contribution in [0.2, 0.25) is 0 Å². The van der Waals surface area contributed by atoms with Crippen molar-refractivity contribution < 1.29 is 14.1 Å². The van der Waals surface area contributed by atoms with Crippen molar-refractivity contribution in [1.29, 1.82) is 0 Å². The zero-order valence-corrected chi connectivity index (χ0v) is 16.5. The Labute approximate surface area is 169 Å². The van der Waals surface area contributed by atoms with Gasteiger partial charge in [0, 0.05) is 24.6 Å². The maximum atomic E-state index is 13.2. The van der Waals surface area contributed by atoms with Gasteiger partial charge < -0.3 is 14.7 Å². The number of hydrogen-bond donors (Lipinski definition) is 1. The fourth-order valence-corrected chi connectivity index (χ4v) is 4.56. The maximum Gasteiger partial charge on any atom is 0.252 e. The summed E-state index contributed by atoms with van der Waals surface area (Å²) in [5, 5.41) is 7.41. The molecule has 2 aliphatic carbocycles. The van der Waals surface area contributed by atoms with Gasteiger partial charge in [0.25, 0.3) is 5.89 Å². The van der Waals surface area contributed by atoms with Crippen LogP contribution >= 0.6 is 0 Å². The topological polar surface area (TPSA) is 88.3 Å². The van der Waals surface area contributed by atoms with Gasteiger partial charge in [-0.25, -0.2) is 0 Å². The van der Waals surface area contributed by atoms with E-state index < -0.39 is 5.54 Å². The number of amides is 2. The molecule has 0 radical (unpaired) electrons. The predicted octanol–water partition coefficient (Wildman–Crippen LogP) is 3.28. The van der Waals surface area contributed by atoms with Crippen LogP contribution < -0.4 is 10.2 Å². The number of rotatable bonds is 5. The lowest BCUT2D eigenvalue weighted by Gasteiger charge is -2.35. The summed E-state index contributed by atoms with van der Waals surface area (Å²) < 4.78 is 5.63. The third-order valence-electron chi connectivity index (χ3n) is 6.43. The van der Waals surface area contributed by atoms with Crippen LogP contribution in [0.15, 0.2) is 34.9 Å². The highest BCUT2D eigenvalue weighted by Crippen LogP contribution is 2.41. The summed E-state index contributed by atoms with van der Waals surface area (Å²) >= 11 is 0. The van der Waals surface area contributed by atoms with Crippen molar-refractivity contribution in [2.45, 2.75) is 62.8 Å². The minimum absolute atomic E-state index is 0.0112. The Morgan fingerprint density at radius 1 is 1.14 bits per heavy atom. The minimum atomic E-state index is -0.599. The Kier molecular flexibility index (Phi) is 4.60. The van der Waals surface area contributed by atoms with Crippen molar-refractivity contribution in [3.8, 4) is 0 Å². The predicted molar refractivity (Wildman–Crippen MR) is 106 cm³/mol. The molecule has 1 atom stereocenters. The number of carbonyl (C=O) groups excluding carboxylic acids is 2. The summed E-state index contributed by atoms with van der Waals surface area (Å²) in [6, 6.07) is 9.53. The van der Waals surface area contributed by atoms with Crippen LogP contribution in [0, 0.1) is 5.92 Å². The van der Waals surface area contributed by atoms with E-state index in [-0.39, 0.29) is 24.2 Å². The highest BCUT2D eigenvalue weighted by Gasteiger charge is 2.44. The van der Waals surface area contributed by atoms with Gasteiger partial charge in [-0.1, -0.05) is 42.6 Å². The van der Waals surface area contributed by atoms with Gasteiger partial charge in [0.2, 0.25) is 11.8 Å². The van der Waals surface area contributed by atoms with Gasteiger partial charge in [0.05, 0.1) is 5.92 Å². The van der Waals surface area contributed by atoms with Gasteiger partial charge in [-0.05, 0) is 37.8 Å². The molecule has 1 N–H and O–H groups in total. The van der Waals surface area contributed by atoms with Gasteiger partial charge in [-0.3, -0.25) is 9.59 Å². The van der Waals surface area contributed by atoms with E-state index in [4.69, 9.17) is 4.52 Å². The molecule has 7 nitrogen and oxygen atoms in total. The summed E-state index contributed by atoms with van der Waals surface area (Å²) in [5.41, 5.74) is 0.241. The number of aromatic nitrogens is 2. The van der Waals surface area contributed by atoms with Gasteiger partial charge in [-0.2, -0.15) is 4.98 Å². The quantitative estimate of drug-likeness (QED) is 0.841. The van der Waals surface area contributed by atoms with E-state index in [1.165, 1.54) is 0 Å². The zero-order valence-electron chi connectivity index (χ0n) is 16.5. The minimum Gasteiger partial charge on any atom is -0.341 e.